The van der Waals surface area contributed by atoms with Crippen molar-refractivity contribution in [1.82, 2.24) is 10.5 Å². The summed E-state index contributed by atoms with van der Waals surface area (Å²) in [6.07, 6.45) is 5.30. The minimum Gasteiger partial charge on any atom is -0.481 e. The molecule has 0 aliphatic heterocycles. The molecule has 0 bridgehead atoms. The van der Waals surface area contributed by atoms with Gasteiger partial charge in [0.1, 0.15) is 11.3 Å². The molecule has 6 heteroatoms. The molecule has 1 saturated carbocycles. The number of amides is 1. The second-order valence-corrected chi connectivity index (χ2v) is 5.72. The van der Waals surface area contributed by atoms with E-state index in [2.05, 4.69) is 10.5 Å². The Hall–Kier alpha value is -1.85. The summed E-state index contributed by atoms with van der Waals surface area (Å²) in [6, 6.07) is -0.330. The highest BCUT2D eigenvalue weighted by atomic mass is 16.5. The number of aliphatic carboxylic acids is 1. The van der Waals surface area contributed by atoms with Crippen LogP contribution in [-0.2, 0) is 4.79 Å². The Kier molecular flexibility index (Phi) is 4.98. The molecule has 2 atom stereocenters. The fourth-order valence-corrected chi connectivity index (χ4v) is 3.00. The van der Waals surface area contributed by atoms with Gasteiger partial charge in [0, 0.05) is 6.04 Å². The smallest absolute Gasteiger partial charge is 0.308 e. The van der Waals surface area contributed by atoms with Crippen LogP contribution < -0.4 is 5.32 Å². The Labute approximate surface area is 123 Å². The quantitative estimate of drug-likeness (QED) is 0.893. The number of hydrogen-bond donors (Lipinski definition) is 2. The Morgan fingerprint density at radius 2 is 1.86 bits per heavy atom. The first-order valence-corrected chi connectivity index (χ1v) is 7.47. The molecule has 1 aromatic rings. The van der Waals surface area contributed by atoms with Crippen molar-refractivity contribution in [3.05, 3.63) is 17.0 Å². The highest BCUT2D eigenvalue weighted by Crippen LogP contribution is 2.24. The maximum Gasteiger partial charge on any atom is 0.308 e. The Balaban J connectivity index is 2.13. The highest BCUT2D eigenvalue weighted by Gasteiger charge is 2.31. The number of hydrogen-bond acceptors (Lipinski definition) is 4. The molecule has 21 heavy (non-hydrogen) atoms. The van der Waals surface area contributed by atoms with E-state index in [1.165, 1.54) is 0 Å². The van der Waals surface area contributed by atoms with Crippen LogP contribution in [0.15, 0.2) is 4.52 Å². The first kappa shape index (κ1) is 15.5. The third-order valence-electron chi connectivity index (χ3n) is 4.16. The van der Waals surface area contributed by atoms with Crippen molar-refractivity contribution in [3.63, 3.8) is 0 Å². The van der Waals surface area contributed by atoms with E-state index in [1.54, 1.807) is 13.8 Å². The average molecular weight is 294 g/mol. The molecule has 2 unspecified atom stereocenters. The lowest BCUT2D eigenvalue weighted by atomic mass is 9.86. The van der Waals surface area contributed by atoms with Gasteiger partial charge in [0.15, 0.2) is 0 Å². The Morgan fingerprint density at radius 3 is 2.43 bits per heavy atom. The second-order valence-electron chi connectivity index (χ2n) is 5.72. The maximum absolute atomic E-state index is 12.4. The summed E-state index contributed by atoms with van der Waals surface area (Å²) in [7, 11) is 0. The van der Waals surface area contributed by atoms with Gasteiger partial charge in [-0.25, -0.2) is 0 Å². The van der Waals surface area contributed by atoms with E-state index in [0.29, 0.717) is 29.9 Å². The van der Waals surface area contributed by atoms with E-state index < -0.39 is 11.9 Å². The van der Waals surface area contributed by atoms with E-state index >= 15 is 0 Å². The van der Waals surface area contributed by atoms with Crippen molar-refractivity contribution in [1.29, 1.82) is 0 Å². The van der Waals surface area contributed by atoms with Crippen LogP contribution in [0.4, 0.5) is 0 Å². The Bertz CT molecular complexity index is 504. The molecule has 0 aromatic carbocycles. The molecule has 116 valence electrons. The third kappa shape index (κ3) is 3.62. The number of carbonyl (C=O) groups is 2. The molecule has 1 aliphatic carbocycles. The zero-order valence-electron chi connectivity index (χ0n) is 12.5. The number of rotatable bonds is 3. The molecule has 0 spiro atoms. The van der Waals surface area contributed by atoms with Crippen LogP contribution in [0, 0.1) is 19.8 Å². The summed E-state index contributed by atoms with van der Waals surface area (Å²) in [4.78, 5) is 23.8. The standard InChI is InChI=1S/C15H22N2O4/c1-9-13(10(2)21-17-9)14(18)16-12-8-6-4-3-5-7-11(12)15(19)20/h11-12H,3-8H2,1-2H3,(H,16,18)(H,19,20). The van der Waals surface area contributed by atoms with Gasteiger partial charge in [-0.1, -0.05) is 30.8 Å². The first-order valence-electron chi connectivity index (χ1n) is 7.47. The predicted octanol–water partition coefficient (Wildman–Crippen LogP) is 2.44. The lowest BCUT2D eigenvalue weighted by Gasteiger charge is -2.27. The molecule has 6 nitrogen and oxygen atoms in total. The lowest BCUT2D eigenvalue weighted by Crippen LogP contribution is -2.44. The summed E-state index contributed by atoms with van der Waals surface area (Å²) in [5.74, 6) is -1.18. The fraction of sp³-hybridized carbons (Fsp3) is 0.667. The number of carboxylic acids is 1. The summed E-state index contributed by atoms with van der Waals surface area (Å²) >= 11 is 0. The maximum atomic E-state index is 12.4. The fourth-order valence-electron chi connectivity index (χ4n) is 3.00. The van der Waals surface area contributed by atoms with Crippen LogP contribution in [0.2, 0.25) is 0 Å². The van der Waals surface area contributed by atoms with Gasteiger partial charge in [-0.2, -0.15) is 0 Å². The van der Waals surface area contributed by atoms with Gasteiger partial charge in [0.2, 0.25) is 0 Å². The van der Waals surface area contributed by atoms with Crippen LogP contribution >= 0.6 is 0 Å². The number of nitrogens with zero attached hydrogens (tertiary/aromatic N) is 1. The molecule has 1 amide bonds. The highest BCUT2D eigenvalue weighted by molar-refractivity contribution is 5.96. The van der Waals surface area contributed by atoms with Gasteiger partial charge in [-0.3, -0.25) is 9.59 Å². The van der Waals surface area contributed by atoms with Crippen molar-refractivity contribution in [2.45, 2.75) is 58.4 Å². The van der Waals surface area contributed by atoms with Gasteiger partial charge in [0.25, 0.3) is 5.91 Å². The van der Waals surface area contributed by atoms with Crippen LogP contribution in [0.3, 0.4) is 0 Å². The molecule has 1 fully saturated rings. The van der Waals surface area contributed by atoms with Crippen molar-refractivity contribution in [3.8, 4) is 0 Å². The molecule has 1 heterocycles. The van der Waals surface area contributed by atoms with Gasteiger partial charge >= 0.3 is 5.97 Å². The number of aromatic nitrogens is 1. The molecule has 0 radical (unpaired) electrons. The van der Waals surface area contributed by atoms with Gasteiger partial charge in [0.05, 0.1) is 11.6 Å². The van der Waals surface area contributed by atoms with Crippen molar-refractivity contribution < 1.29 is 19.2 Å². The van der Waals surface area contributed by atoms with E-state index in [0.717, 1.165) is 25.7 Å². The van der Waals surface area contributed by atoms with E-state index in [-0.39, 0.29) is 11.9 Å². The SMILES string of the molecule is Cc1noc(C)c1C(=O)NC1CCCCCCC1C(=O)O. The average Bonchev–Trinajstić information content (AvgIpc) is 2.72. The molecular formula is C15H22N2O4. The largest absolute Gasteiger partial charge is 0.481 e. The first-order chi connectivity index (χ1) is 10.0. The molecular weight excluding hydrogens is 272 g/mol. The minimum atomic E-state index is -0.832. The van der Waals surface area contributed by atoms with E-state index in [9.17, 15) is 14.7 Å². The predicted molar refractivity (Wildman–Crippen MR) is 76.1 cm³/mol. The van der Waals surface area contributed by atoms with Crippen LogP contribution in [0.5, 0.6) is 0 Å². The molecule has 0 saturated heterocycles. The summed E-state index contributed by atoms with van der Waals surface area (Å²) in [5, 5.41) is 16.0. The van der Waals surface area contributed by atoms with Crippen molar-refractivity contribution in [2.75, 3.05) is 0 Å². The van der Waals surface area contributed by atoms with Crippen LogP contribution in [0.25, 0.3) is 0 Å². The molecule has 1 aromatic heterocycles. The second kappa shape index (κ2) is 6.74. The topological polar surface area (TPSA) is 92.4 Å². The molecule has 2 N–H and O–H groups in total. The van der Waals surface area contributed by atoms with Gasteiger partial charge in [-0.05, 0) is 26.7 Å². The van der Waals surface area contributed by atoms with Crippen LogP contribution in [-0.4, -0.2) is 28.2 Å². The van der Waals surface area contributed by atoms with Gasteiger partial charge < -0.3 is 14.9 Å². The minimum absolute atomic E-state index is 0.289. The summed E-state index contributed by atoms with van der Waals surface area (Å²) in [6.45, 7) is 3.39. The van der Waals surface area contributed by atoms with Crippen molar-refractivity contribution >= 4 is 11.9 Å². The van der Waals surface area contributed by atoms with Gasteiger partial charge in [-0.15, -0.1) is 0 Å². The summed E-state index contributed by atoms with van der Waals surface area (Å²) in [5.41, 5.74) is 0.948. The summed E-state index contributed by atoms with van der Waals surface area (Å²) < 4.78 is 5.00. The Morgan fingerprint density at radius 1 is 1.19 bits per heavy atom. The molecule has 1 aliphatic rings. The zero-order valence-corrected chi connectivity index (χ0v) is 12.5. The lowest BCUT2D eigenvalue weighted by molar-refractivity contribution is -0.143. The van der Waals surface area contributed by atoms with Crippen LogP contribution in [0.1, 0.15) is 60.3 Å². The van der Waals surface area contributed by atoms with E-state index in [4.69, 9.17) is 4.52 Å². The number of nitrogens with one attached hydrogen (secondary N) is 1. The van der Waals surface area contributed by atoms with Crippen molar-refractivity contribution in [2.24, 2.45) is 5.92 Å². The zero-order chi connectivity index (χ0) is 15.4. The number of aryl methyl sites for hydroxylation is 2. The number of carbonyl (C=O) groups excluding carboxylic acids is 1. The molecule has 2 rings (SSSR count). The number of carboxylic acid groups (broad SMARTS) is 1. The van der Waals surface area contributed by atoms with E-state index in [1.807, 2.05) is 0 Å². The third-order valence-corrected chi connectivity index (χ3v) is 4.16. The monoisotopic (exact) mass is 294 g/mol. The normalized spacial score (nSPS) is 23.1.